The molecule has 2 saturated heterocycles. The molecule has 23 heavy (non-hydrogen) atoms. The number of amides is 1. The van der Waals surface area contributed by atoms with Crippen LogP contribution < -0.4 is 0 Å². The van der Waals surface area contributed by atoms with E-state index in [9.17, 15) is 4.79 Å². The van der Waals surface area contributed by atoms with E-state index in [0.717, 1.165) is 54.1 Å². The fourth-order valence-corrected chi connectivity index (χ4v) is 4.10. The Morgan fingerprint density at radius 3 is 2.91 bits per heavy atom. The Bertz CT molecular complexity index is 759. The maximum atomic E-state index is 11.7. The van der Waals surface area contributed by atoms with E-state index in [1.54, 1.807) is 11.9 Å². The number of para-hydroxylation sites is 1. The van der Waals surface area contributed by atoms with Gasteiger partial charge in [0.2, 0.25) is 0 Å². The van der Waals surface area contributed by atoms with Crippen molar-refractivity contribution in [1.29, 1.82) is 0 Å². The number of aromatic nitrogens is 1. The van der Waals surface area contributed by atoms with Crippen LogP contribution in [0.3, 0.4) is 0 Å². The second-order valence-corrected chi connectivity index (χ2v) is 7.06. The van der Waals surface area contributed by atoms with Gasteiger partial charge in [0.25, 0.3) is 0 Å². The molecule has 2 aliphatic rings. The van der Waals surface area contributed by atoms with E-state index in [-0.39, 0.29) is 11.7 Å². The Labute approximate surface area is 140 Å². The fraction of sp³-hybridized carbons (Fsp3) is 0.471. The molecule has 1 spiro atoms. The van der Waals surface area contributed by atoms with Crippen LogP contribution in [0.15, 0.2) is 24.3 Å². The molecule has 0 radical (unpaired) electrons. The molecule has 4 rings (SSSR count). The Kier molecular flexibility index (Phi) is 3.50. The monoisotopic (exact) mass is 333 g/mol. The summed E-state index contributed by atoms with van der Waals surface area (Å²) in [6.07, 6.45) is 1.74. The van der Waals surface area contributed by atoms with Crippen molar-refractivity contribution in [2.24, 2.45) is 0 Å². The van der Waals surface area contributed by atoms with E-state index in [1.807, 2.05) is 24.3 Å². The summed E-state index contributed by atoms with van der Waals surface area (Å²) in [5, 5.41) is 1.85. The van der Waals surface area contributed by atoms with E-state index in [4.69, 9.17) is 16.3 Å². The number of H-pyrrole nitrogens is 1. The number of carbonyl (C=O) groups is 1. The minimum absolute atomic E-state index is 0.213. The van der Waals surface area contributed by atoms with Gasteiger partial charge >= 0.3 is 6.09 Å². The molecule has 122 valence electrons. The number of carbonyl (C=O) groups excluding carboxylic acids is 1. The molecular weight excluding hydrogens is 314 g/mol. The summed E-state index contributed by atoms with van der Waals surface area (Å²) in [7, 11) is 1.80. The van der Waals surface area contributed by atoms with Gasteiger partial charge in [-0.05, 0) is 25.5 Å². The predicted octanol–water partition coefficient (Wildman–Crippen LogP) is 3.24. The highest BCUT2D eigenvalue weighted by Crippen LogP contribution is 2.33. The molecule has 1 aromatic heterocycles. The van der Waals surface area contributed by atoms with Crippen molar-refractivity contribution in [1.82, 2.24) is 14.8 Å². The molecule has 5 nitrogen and oxygen atoms in total. The highest BCUT2D eigenvalue weighted by molar-refractivity contribution is 6.36. The van der Waals surface area contributed by atoms with Gasteiger partial charge in [0.05, 0.1) is 11.6 Å². The predicted molar refractivity (Wildman–Crippen MR) is 89.7 cm³/mol. The number of ether oxygens (including phenoxy) is 1. The number of hydrogen-bond acceptors (Lipinski definition) is 3. The number of hydrogen-bond donors (Lipinski definition) is 1. The van der Waals surface area contributed by atoms with Crippen molar-refractivity contribution in [2.75, 3.05) is 26.7 Å². The molecule has 2 aliphatic heterocycles. The summed E-state index contributed by atoms with van der Waals surface area (Å²) in [4.78, 5) is 19.1. The molecular formula is C17H20ClN3O2. The van der Waals surface area contributed by atoms with Gasteiger partial charge in [0, 0.05) is 36.7 Å². The van der Waals surface area contributed by atoms with Crippen LogP contribution in [0.5, 0.6) is 0 Å². The van der Waals surface area contributed by atoms with Gasteiger partial charge < -0.3 is 14.6 Å². The zero-order valence-electron chi connectivity index (χ0n) is 13.1. The SMILES string of the molecule is CN1CC2(CCCN(Cc3[nH]c4ccccc4c3Cl)C2)OC1=O. The van der Waals surface area contributed by atoms with E-state index in [2.05, 4.69) is 9.88 Å². The zero-order valence-corrected chi connectivity index (χ0v) is 13.9. The van der Waals surface area contributed by atoms with E-state index in [0.29, 0.717) is 6.54 Å². The smallest absolute Gasteiger partial charge is 0.410 e. The number of benzene rings is 1. The first-order chi connectivity index (χ1) is 11.1. The first-order valence-corrected chi connectivity index (χ1v) is 8.36. The van der Waals surface area contributed by atoms with Crippen LogP contribution in [0, 0.1) is 0 Å². The lowest BCUT2D eigenvalue weighted by molar-refractivity contribution is -0.0116. The minimum Gasteiger partial charge on any atom is -0.440 e. The quantitative estimate of drug-likeness (QED) is 0.917. The zero-order chi connectivity index (χ0) is 16.0. The largest absolute Gasteiger partial charge is 0.440 e. The molecule has 0 bridgehead atoms. The minimum atomic E-state index is -0.359. The van der Waals surface area contributed by atoms with Gasteiger partial charge in [-0.1, -0.05) is 29.8 Å². The van der Waals surface area contributed by atoms with E-state index < -0.39 is 0 Å². The molecule has 2 fully saturated rings. The van der Waals surface area contributed by atoms with Crippen molar-refractivity contribution >= 4 is 28.6 Å². The van der Waals surface area contributed by atoms with Crippen LogP contribution in [0.1, 0.15) is 18.5 Å². The Hall–Kier alpha value is -1.72. The summed E-state index contributed by atoms with van der Waals surface area (Å²) in [6.45, 7) is 3.17. The number of piperidine rings is 1. The van der Waals surface area contributed by atoms with E-state index in [1.165, 1.54) is 0 Å². The third-order valence-corrected chi connectivity index (χ3v) is 5.29. The van der Waals surface area contributed by atoms with Crippen molar-refractivity contribution in [2.45, 2.75) is 25.0 Å². The van der Waals surface area contributed by atoms with Gasteiger partial charge in [0.1, 0.15) is 5.60 Å². The molecule has 1 unspecified atom stereocenters. The Morgan fingerprint density at radius 2 is 2.17 bits per heavy atom. The van der Waals surface area contributed by atoms with Crippen LogP contribution in [-0.4, -0.2) is 53.2 Å². The molecule has 0 aliphatic carbocycles. The second-order valence-electron chi connectivity index (χ2n) is 6.68. The normalized spacial score (nSPS) is 25.5. The van der Waals surface area contributed by atoms with Crippen molar-refractivity contribution in [3.63, 3.8) is 0 Å². The average molecular weight is 334 g/mol. The van der Waals surface area contributed by atoms with Gasteiger partial charge in [-0.25, -0.2) is 4.79 Å². The summed E-state index contributed by atoms with van der Waals surface area (Å²) in [5.74, 6) is 0. The summed E-state index contributed by atoms with van der Waals surface area (Å²) < 4.78 is 5.66. The van der Waals surface area contributed by atoms with Gasteiger partial charge in [-0.2, -0.15) is 0 Å². The summed E-state index contributed by atoms with van der Waals surface area (Å²) in [6, 6.07) is 8.07. The standard InChI is InChI=1S/C17H20ClN3O2/c1-20-10-17(23-16(20)22)7-4-8-21(11-17)9-14-15(18)12-5-2-3-6-13(12)19-14/h2-3,5-6,19H,4,7-11H2,1H3. The number of aromatic amines is 1. The first-order valence-electron chi connectivity index (χ1n) is 7.98. The molecule has 1 N–H and O–H groups in total. The Balaban J connectivity index is 1.54. The van der Waals surface area contributed by atoms with E-state index >= 15 is 0 Å². The van der Waals surface area contributed by atoms with Gasteiger partial charge in [-0.15, -0.1) is 0 Å². The number of rotatable bonds is 2. The number of halogens is 1. The number of fused-ring (bicyclic) bond motifs is 1. The lowest BCUT2D eigenvalue weighted by Crippen LogP contribution is -2.50. The first kappa shape index (κ1) is 14.8. The van der Waals surface area contributed by atoms with Crippen LogP contribution >= 0.6 is 11.6 Å². The maximum Gasteiger partial charge on any atom is 0.410 e. The number of nitrogens with zero attached hydrogens (tertiary/aromatic N) is 2. The fourth-order valence-electron chi connectivity index (χ4n) is 3.83. The highest BCUT2D eigenvalue weighted by atomic mass is 35.5. The number of likely N-dealkylation sites (N-methyl/N-ethyl adjacent to an activating group) is 1. The van der Waals surface area contributed by atoms with Crippen LogP contribution in [0.4, 0.5) is 4.79 Å². The highest BCUT2D eigenvalue weighted by Gasteiger charge is 2.46. The van der Waals surface area contributed by atoms with Crippen molar-refractivity contribution < 1.29 is 9.53 Å². The van der Waals surface area contributed by atoms with Crippen LogP contribution in [-0.2, 0) is 11.3 Å². The lowest BCUT2D eigenvalue weighted by atomic mass is 9.92. The number of likely N-dealkylation sites (tertiary alicyclic amines) is 1. The van der Waals surface area contributed by atoms with Crippen molar-refractivity contribution in [3.8, 4) is 0 Å². The third-order valence-electron chi connectivity index (χ3n) is 4.86. The van der Waals surface area contributed by atoms with Crippen LogP contribution in [0.2, 0.25) is 5.02 Å². The van der Waals surface area contributed by atoms with Gasteiger partial charge in [0.15, 0.2) is 0 Å². The molecule has 1 amide bonds. The lowest BCUT2D eigenvalue weighted by Gasteiger charge is -2.38. The summed E-state index contributed by atoms with van der Waals surface area (Å²) >= 11 is 6.52. The molecule has 3 heterocycles. The summed E-state index contributed by atoms with van der Waals surface area (Å²) in [5.41, 5.74) is 1.73. The number of nitrogens with one attached hydrogen (secondary N) is 1. The second kappa shape index (κ2) is 5.42. The van der Waals surface area contributed by atoms with Crippen molar-refractivity contribution in [3.05, 3.63) is 35.0 Å². The Morgan fingerprint density at radius 1 is 1.35 bits per heavy atom. The molecule has 6 heteroatoms. The molecule has 0 saturated carbocycles. The van der Waals surface area contributed by atoms with Gasteiger partial charge in [-0.3, -0.25) is 4.90 Å². The average Bonchev–Trinajstić information content (AvgIpc) is 2.97. The molecule has 2 aromatic rings. The van der Waals surface area contributed by atoms with Crippen LogP contribution in [0.25, 0.3) is 10.9 Å². The molecule has 1 aromatic carbocycles. The maximum absolute atomic E-state index is 11.7. The third kappa shape index (κ3) is 2.58. The topological polar surface area (TPSA) is 48.6 Å². The molecule has 1 atom stereocenters.